The first-order chi connectivity index (χ1) is 9.86. The molecule has 0 aliphatic heterocycles. The standard InChI is InChI=1S/C15H15N3S2/c16-18-15(13-8-12-11(20-13)5-7-19-12)10-4-3-9-2-1-6-17-14(9)10/h1-2,5-8,10,15,18H,3-4,16H2. The zero-order chi connectivity index (χ0) is 13.5. The smallest absolute Gasteiger partial charge is 0.0637 e. The monoisotopic (exact) mass is 301 g/mol. The summed E-state index contributed by atoms with van der Waals surface area (Å²) in [7, 11) is 0. The van der Waals surface area contributed by atoms with Crippen LogP contribution in [0.1, 0.15) is 34.5 Å². The molecule has 0 radical (unpaired) electrons. The predicted octanol–water partition coefficient (Wildman–Crippen LogP) is 3.59. The Morgan fingerprint density at radius 1 is 1.35 bits per heavy atom. The predicted molar refractivity (Wildman–Crippen MR) is 85.1 cm³/mol. The average molecular weight is 301 g/mol. The molecule has 0 spiro atoms. The van der Waals surface area contributed by atoms with Crippen molar-refractivity contribution >= 4 is 32.1 Å². The van der Waals surface area contributed by atoms with E-state index in [1.54, 1.807) is 11.3 Å². The van der Waals surface area contributed by atoms with E-state index in [2.05, 4.69) is 34.0 Å². The molecule has 102 valence electrons. The van der Waals surface area contributed by atoms with E-state index in [1.165, 1.54) is 25.5 Å². The van der Waals surface area contributed by atoms with Crippen molar-refractivity contribution in [1.82, 2.24) is 10.4 Å². The Kier molecular flexibility index (Phi) is 3.07. The van der Waals surface area contributed by atoms with Crippen molar-refractivity contribution in [2.75, 3.05) is 0 Å². The molecule has 0 amide bonds. The quantitative estimate of drug-likeness (QED) is 0.574. The van der Waals surface area contributed by atoms with Crippen LogP contribution in [0.15, 0.2) is 35.8 Å². The molecule has 3 aromatic heterocycles. The van der Waals surface area contributed by atoms with E-state index in [9.17, 15) is 0 Å². The number of fused-ring (bicyclic) bond motifs is 2. The van der Waals surface area contributed by atoms with Gasteiger partial charge in [-0.1, -0.05) is 6.07 Å². The SMILES string of the molecule is NNC(c1cc2sccc2s1)C1CCc2cccnc21. The Balaban J connectivity index is 1.74. The summed E-state index contributed by atoms with van der Waals surface area (Å²) in [5.41, 5.74) is 5.61. The van der Waals surface area contributed by atoms with Crippen LogP contribution in [0.2, 0.25) is 0 Å². The zero-order valence-electron chi connectivity index (χ0n) is 10.9. The van der Waals surface area contributed by atoms with Crippen LogP contribution in [0.25, 0.3) is 9.40 Å². The van der Waals surface area contributed by atoms with Crippen molar-refractivity contribution in [2.24, 2.45) is 5.84 Å². The molecule has 1 aliphatic rings. The number of nitrogens with one attached hydrogen (secondary N) is 1. The van der Waals surface area contributed by atoms with E-state index in [4.69, 9.17) is 5.84 Å². The molecule has 0 saturated carbocycles. The first kappa shape index (κ1) is 12.5. The summed E-state index contributed by atoms with van der Waals surface area (Å²) in [6.45, 7) is 0. The molecule has 2 atom stereocenters. The van der Waals surface area contributed by atoms with Gasteiger partial charge in [0.25, 0.3) is 0 Å². The molecule has 3 N–H and O–H groups in total. The average Bonchev–Trinajstić information content (AvgIpc) is 3.14. The van der Waals surface area contributed by atoms with E-state index in [0.29, 0.717) is 5.92 Å². The molecule has 3 aromatic rings. The van der Waals surface area contributed by atoms with Gasteiger partial charge in [0.15, 0.2) is 0 Å². The minimum atomic E-state index is 0.163. The van der Waals surface area contributed by atoms with E-state index in [0.717, 1.165) is 12.8 Å². The molecule has 0 saturated heterocycles. The summed E-state index contributed by atoms with van der Waals surface area (Å²) >= 11 is 3.63. The third-order valence-corrected chi connectivity index (χ3v) is 6.23. The Labute approximate surface area is 125 Å². The number of aromatic nitrogens is 1. The van der Waals surface area contributed by atoms with Crippen molar-refractivity contribution in [1.29, 1.82) is 0 Å². The highest BCUT2D eigenvalue weighted by Gasteiger charge is 2.32. The first-order valence-electron chi connectivity index (χ1n) is 6.73. The van der Waals surface area contributed by atoms with Crippen molar-refractivity contribution in [3.05, 3.63) is 52.0 Å². The number of hydrogen-bond acceptors (Lipinski definition) is 5. The second-order valence-electron chi connectivity index (χ2n) is 5.14. The number of aryl methyl sites for hydroxylation is 1. The maximum Gasteiger partial charge on any atom is 0.0637 e. The van der Waals surface area contributed by atoms with Crippen LogP contribution in [0.5, 0.6) is 0 Å². The summed E-state index contributed by atoms with van der Waals surface area (Å²) in [5, 5.41) is 2.14. The molecular weight excluding hydrogens is 286 g/mol. The second kappa shape index (κ2) is 4.93. The molecular formula is C15H15N3S2. The summed E-state index contributed by atoms with van der Waals surface area (Å²) in [6.07, 6.45) is 4.11. The molecule has 2 unspecified atom stereocenters. The van der Waals surface area contributed by atoms with Crippen LogP contribution < -0.4 is 11.3 Å². The highest BCUT2D eigenvalue weighted by atomic mass is 32.1. The highest BCUT2D eigenvalue weighted by molar-refractivity contribution is 7.26. The van der Waals surface area contributed by atoms with Gasteiger partial charge in [0, 0.05) is 32.1 Å². The minimum Gasteiger partial charge on any atom is -0.271 e. The van der Waals surface area contributed by atoms with Crippen LogP contribution in [0, 0.1) is 0 Å². The van der Waals surface area contributed by atoms with Gasteiger partial charge in [-0.2, -0.15) is 0 Å². The Bertz CT molecular complexity index is 718. The van der Waals surface area contributed by atoms with Crippen molar-refractivity contribution in [3.8, 4) is 0 Å². The lowest BCUT2D eigenvalue weighted by atomic mass is 9.96. The minimum absolute atomic E-state index is 0.163. The molecule has 20 heavy (non-hydrogen) atoms. The number of nitrogens with two attached hydrogens (primary N) is 1. The fourth-order valence-electron chi connectivity index (χ4n) is 3.10. The van der Waals surface area contributed by atoms with Gasteiger partial charge in [-0.25, -0.2) is 0 Å². The summed E-state index contributed by atoms with van der Waals surface area (Å²) in [4.78, 5) is 5.91. The first-order valence-corrected chi connectivity index (χ1v) is 8.43. The number of hydrazine groups is 1. The number of hydrogen-bond donors (Lipinski definition) is 2. The third kappa shape index (κ3) is 1.90. The van der Waals surface area contributed by atoms with Crippen molar-refractivity contribution < 1.29 is 0 Å². The number of nitrogens with zero attached hydrogens (tertiary/aromatic N) is 1. The van der Waals surface area contributed by atoms with Crippen LogP contribution >= 0.6 is 22.7 Å². The van der Waals surface area contributed by atoms with Crippen molar-refractivity contribution in [3.63, 3.8) is 0 Å². The zero-order valence-corrected chi connectivity index (χ0v) is 12.5. The lowest BCUT2D eigenvalue weighted by molar-refractivity contribution is 0.453. The fraction of sp³-hybridized carbons (Fsp3) is 0.267. The number of rotatable bonds is 3. The van der Waals surface area contributed by atoms with Gasteiger partial charge < -0.3 is 0 Å². The summed E-state index contributed by atoms with van der Waals surface area (Å²) < 4.78 is 2.70. The fourth-order valence-corrected chi connectivity index (χ4v) is 5.35. The van der Waals surface area contributed by atoms with Gasteiger partial charge in [-0.15, -0.1) is 22.7 Å². The maximum atomic E-state index is 5.86. The van der Waals surface area contributed by atoms with E-state index >= 15 is 0 Å². The van der Waals surface area contributed by atoms with Crippen LogP contribution in [0.4, 0.5) is 0 Å². The van der Waals surface area contributed by atoms with Crippen LogP contribution in [-0.2, 0) is 6.42 Å². The van der Waals surface area contributed by atoms with Crippen molar-refractivity contribution in [2.45, 2.75) is 24.8 Å². The molecule has 5 heteroatoms. The molecule has 1 aliphatic carbocycles. The van der Waals surface area contributed by atoms with E-state index < -0.39 is 0 Å². The van der Waals surface area contributed by atoms with Gasteiger partial charge in [-0.3, -0.25) is 16.3 Å². The van der Waals surface area contributed by atoms with Gasteiger partial charge in [0.1, 0.15) is 0 Å². The topological polar surface area (TPSA) is 50.9 Å². The van der Waals surface area contributed by atoms with Crippen LogP contribution in [-0.4, -0.2) is 4.98 Å². The lowest BCUT2D eigenvalue weighted by Gasteiger charge is -2.21. The normalized spacial score (nSPS) is 19.4. The third-order valence-electron chi connectivity index (χ3n) is 4.05. The Morgan fingerprint density at radius 3 is 3.15 bits per heavy atom. The lowest BCUT2D eigenvalue weighted by Crippen LogP contribution is -2.31. The van der Waals surface area contributed by atoms with E-state index in [1.807, 2.05) is 23.6 Å². The summed E-state index contributed by atoms with van der Waals surface area (Å²) in [5.74, 6) is 6.24. The number of pyridine rings is 1. The van der Waals surface area contributed by atoms with Gasteiger partial charge in [0.05, 0.1) is 6.04 Å². The highest BCUT2D eigenvalue weighted by Crippen LogP contribution is 2.43. The van der Waals surface area contributed by atoms with E-state index in [-0.39, 0.29) is 6.04 Å². The van der Waals surface area contributed by atoms with Gasteiger partial charge >= 0.3 is 0 Å². The van der Waals surface area contributed by atoms with Gasteiger partial charge in [-0.05, 0) is 42.0 Å². The molecule has 3 heterocycles. The Hall–Kier alpha value is -1.27. The molecule has 3 nitrogen and oxygen atoms in total. The molecule has 0 bridgehead atoms. The van der Waals surface area contributed by atoms with Crippen LogP contribution in [0.3, 0.4) is 0 Å². The number of thiophene rings is 2. The molecule has 0 fully saturated rings. The molecule has 4 rings (SSSR count). The summed E-state index contributed by atoms with van der Waals surface area (Å²) in [6, 6.07) is 8.82. The van der Waals surface area contributed by atoms with Gasteiger partial charge in [0.2, 0.25) is 0 Å². The second-order valence-corrected chi connectivity index (χ2v) is 7.20. The largest absolute Gasteiger partial charge is 0.271 e. The Morgan fingerprint density at radius 2 is 2.30 bits per heavy atom. The maximum absolute atomic E-state index is 5.86. The molecule has 0 aromatic carbocycles.